The van der Waals surface area contributed by atoms with Gasteiger partial charge in [-0.1, -0.05) is 29.8 Å². The maximum absolute atomic E-state index is 13.8. The summed E-state index contributed by atoms with van der Waals surface area (Å²) in [5, 5.41) is 3.05. The molecule has 0 saturated carbocycles. The highest BCUT2D eigenvalue weighted by Gasteiger charge is 2.23. The fourth-order valence-corrected chi connectivity index (χ4v) is 4.67. The number of ether oxygens (including phenoxy) is 1. The lowest BCUT2D eigenvalue weighted by Crippen LogP contribution is -2.41. The van der Waals surface area contributed by atoms with E-state index < -0.39 is 15.9 Å². The number of benzene rings is 2. The third-order valence-corrected chi connectivity index (χ3v) is 6.46. The monoisotopic (exact) mass is 474 g/mol. The number of halogens is 2. The van der Waals surface area contributed by atoms with Crippen LogP contribution in [0.5, 0.6) is 5.75 Å². The first kappa shape index (κ1) is 24.3. The third-order valence-electron chi connectivity index (χ3n) is 4.00. The minimum absolute atomic E-state index is 0.306. The molecule has 0 aliphatic carbocycles. The Morgan fingerprint density at radius 2 is 1.97 bits per heavy atom. The van der Waals surface area contributed by atoms with Crippen LogP contribution in [-0.4, -0.2) is 46.0 Å². The van der Waals surface area contributed by atoms with Gasteiger partial charge in [0.2, 0.25) is 15.9 Å². The number of hydrogen-bond donors (Lipinski definition) is 1. The number of anilines is 1. The molecule has 1 amide bonds. The van der Waals surface area contributed by atoms with Crippen molar-refractivity contribution in [3.8, 4) is 5.75 Å². The van der Waals surface area contributed by atoms with Crippen molar-refractivity contribution < 1.29 is 22.3 Å². The lowest BCUT2D eigenvalue weighted by molar-refractivity contribution is -0.119. The average molecular weight is 475 g/mol. The van der Waals surface area contributed by atoms with Gasteiger partial charge in [0.1, 0.15) is 18.1 Å². The van der Waals surface area contributed by atoms with Crippen LogP contribution in [0, 0.1) is 5.82 Å². The van der Waals surface area contributed by atoms with Crippen molar-refractivity contribution in [1.29, 1.82) is 0 Å². The summed E-state index contributed by atoms with van der Waals surface area (Å²) in [5.74, 6) is 0.464. The van der Waals surface area contributed by atoms with Gasteiger partial charge < -0.3 is 10.1 Å². The smallest absolute Gasteiger partial charge is 0.240 e. The highest BCUT2D eigenvalue weighted by Crippen LogP contribution is 2.29. The summed E-state index contributed by atoms with van der Waals surface area (Å²) < 4.78 is 44.8. The number of nitrogens with zero attached hydrogens (tertiary/aromatic N) is 1. The fourth-order valence-electron chi connectivity index (χ4n) is 2.62. The van der Waals surface area contributed by atoms with Crippen molar-refractivity contribution >= 4 is 45.0 Å². The summed E-state index contributed by atoms with van der Waals surface area (Å²) in [6, 6.07) is 11.2. The Morgan fingerprint density at radius 1 is 1.23 bits per heavy atom. The zero-order valence-electron chi connectivity index (χ0n) is 16.7. The van der Waals surface area contributed by atoms with E-state index in [1.54, 1.807) is 43.3 Å². The first-order valence-corrected chi connectivity index (χ1v) is 12.6. The predicted octanol–water partition coefficient (Wildman–Crippen LogP) is 3.69. The summed E-state index contributed by atoms with van der Waals surface area (Å²) in [6.45, 7) is 2.09. The molecule has 0 aromatic heterocycles. The summed E-state index contributed by atoms with van der Waals surface area (Å²) in [5.41, 5.74) is 0.729. The summed E-state index contributed by atoms with van der Waals surface area (Å²) >= 11 is 7.41. The van der Waals surface area contributed by atoms with E-state index in [1.165, 1.54) is 17.8 Å². The Balaban J connectivity index is 1.91. The van der Waals surface area contributed by atoms with Gasteiger partial charge in [-0.2, -0.15) is 11.8 Å². The normalized spacial score (nSPS) is 11.2. The molecule has 0 aliphatic rings. The van der Waals surface area contributed by atoms with E-state index in [4.69, 9.17) is 16.3 Å². The predicted molar refractivity (Wildman–Crippen MR) is 120 cm³/mol. The summed E-state index contributed by atoms with van der Waals surface area (Å²) in [7, 11) is -3.70. The third kappa shape index (κ3) is 7.07. The SMILES string of the molecule is CCOc1ccccc1N(CC(=O)NCCSCc1c(F)cccc1Cl)S(C)(=O)=O. The number of carbonyl (C=O) groups excluding carboxylic acids is 1. The molecule has 164 valence electrons. The maximum atomic E-state index is 13.8. The molecular formula is C20H24ClFN2O4S2. The molecule has 0 spiro atoms. The minimum Gasteiger partial charge on any atom is -0.492 e. The van der Waals surface area contributed by atoms with E-state index in [0.717, 1.165) is 10.6 Å². The molecule has 6 nitrogen and oxygen atoms in total. The first-order chi connectivity index (χ1) is 14.2. The molecule has 0 heterocycles. The van der Waals surface area contributed by atoms with Gasteiger partial charge in [0.05, 0.1) is 18.6 Å². The van der Waals surface area contributed by atoms with Crippen LogP contribution in [0.3, 0.4) is 0 Å². The largest absolute Gasteiger partial charge is 0.492 e. The molecule has 0 unspecified atom stereocenters. The van der Waals surface area contributed by atoms with Gasteiger partial charge in [0, 0.05) is 28.6 Å². The Bertz CT molecular complexity index is 953. The molecule has 30 heavy (non-hydrogen) atoms. The van der Waals surface area contributed by atoms with E-state index in [1.807, 2.05) is 0 Å². The second kappa shape index (κ2) is 11.4. The molecule has 0 fully saturated rings. The minimum atomic E-state index is -3.70. The lowest BCUT2D eigenvalue weighted by Gasteiger charge is -2.24. The average Bonchev–Trinajstić information content (AvgIpc) is 2.68. The molecule has 0 aliphatic heterocycles. The van der Waals surface area contributed by atoms with E-state index in [9.17, 15) is 17.6 Å². The Kier molecular flexibility index (Phi) is 9.26. The number of sulfonamides is 1. The van der Waals surface area contributed by atoms with Crippen LogP contribution in [-0.2, 0) is 20.6 Å². The van der Waals surface area contributed by atoms with E-state index in [-0.39, 0.29) is 12.4 Å². The number of hydrogen-bond acceptors (Lipinski definition) is 5. The number of carbonyl (C=O) groups is 1. The number of rotatable bonds is 11. The molecule has 2 rings (SSSR count). The van der Waals surface area contributed by atoms with E-state index in [0.29, 0.717) is 46.7 Å². The van der Waals surface area contributed by atoms with Crippen molar-refractivity contribution in [2.75, 3.05) is 36.0 Å². The molecule has 1 N–H and O–H groups in total. The van der Waals surface area contributed by atoms with E-state index >= 15 is 0 Å². The highest BCUT2D eigenvalue weighted by molar-refractivity contribution is 7.98. The van der Waals surface area contributed by atoms with Crippen LogP contribution in [0.1, 0.15) is 12.5 Å². The molecule has 10 heteroatoms. The van der Waals surface area contributed by atoms with Crippen LogP contribution in [0.2, 0.25) is 5.02 Å². The van der Waals surface area contributed by atoms with Crippen molar-refractivity contribution in [3.05, 3.63) is 58.9 Å². The van der Waals surface area contributed by atoms with Gasteiger partial charge in [0.25, 0.3) is 0 Å². The molecule has 0 atom stereocenters. The number of thioether (sulfide) groups is 1. The number of nitrogens with one attached hydrogen (secondary N) is 1. The van der Waals surface area contributed by atoms with Crippen LogP contribution < -0.4 is 14.4 Å². The molecule has 0 radical (unpaired) electrons. The van der Waals surface area contributed by atoms with Gasteiger partial charge >= 0.3 is 0 Å². The van der Waals surface area contributed by atoms with Crippen LogP contribution >= 0.6 is 23.4 Å². The zero-order chi connectivity index (χ0) is 22.1. The van der Waals surface area contributed by atoms with Gasteiger partial charge in [-0.15, -0.1) is 0 Å². The summed E-state index contributed by atoms with van der Waals surface area (Å²) in [4.78, 5) is 12.3. The molecule has 0 saturated heterocycles. The Morgan fingerprint density at radius 3 is 2.63 bits per heavy atom. The van der Waals surface area contributed by atoms with Crippen LogP contribution in [0.15, 0.2) is 42.5 Å². The molecular weight excluding hydrogens is 451 g/mol. The second-order valence-electron chi connectivity index (χ2n) is 6.27. The Hall–Kier alpha value is -1.97. The molecule has 2 aromatic rings. The summed E-state index contributed by atoms with van der Waals surface area (Å²) in [6.07, 6.45) is 1.04. The number of para-hydroxylation sites is 2. The fraction of sp³-hybridized carbons (Fsp3) is 0.350. The lowest BCUT2D eigenvalue weighted by atomic mass is 10.2. The van der Waals surface area contributed by atoms with Crippen molar-refractivity contribution in [2.24, 2.45) is 0 Å². The molecule has 2 aromatic carbocycles. The van der Waals surface area contributed by atoms with Gasteiger partial charge in [-0.05, 0) is 31.2 Å². The van der Waals surface area contributed by atoms with Gasteiger partial charge in [-0.25, -0.2) is 12.8 Å². The maximum Gasteiger partial charge on any atom is 0.240 e. The van der Waals surface area contributed by atoms with Crippen molar-refractivity contribution in [3.63, 3.8) is 0 Å². The van der Waals surface area contributed by atoms with Crippen molar-refractivity contribution in [2.45, 2.75) is 12.7 Å². The van der Waals surface area contributed by atoms with Gasteiger partial charge in [-0.3, -0.25) is 9.10 Å². The first-order valence-electron chi connectivity index (χ1n) is 9.21. The number of amides is 1. The Labute approximate surface area is 185 Å². The quantitative estimate of drug-likeness (QED) is 0.503. The topological polar surface area (TPSA) is 75.7 Å². The van der Waals surface area contributed by atoms with Gasteiger partial charge in [0.15, 0.2) is 0 Å². The highest BCUT2D eigenvalue weighted by atomic mass is 35.5. The van der Waals surface area contributed by atoms with Crippen molar-refractivity contribution in [1.82, 2.24) is 5.32 Å². The van der Waals surface area contributed by atoms with E-state index in [2.05, 4.69) is 5.32 Å². The zero-order valence-corrected chi connectivity index (χ0v) is 19.1. The standard InChI is InChI=1S/C20H24ClFN2O4S2/c1-3-28-19-10-5-4-9-18(19)24(30(2,26)27)13-20(25)23-11-12-29-14-15-16(21)7-6-8-17(15)22/h4-10H,3,11-14H2,1-2H3,(H,23,25). The second-order valence-corrected chi connectivity index (χ2v) is 9.69. The molecule has 0 bridgehead atoms. The van der Waals surface area contributed by atoms with Crippen LogP contribution in [0.25, 0.3) is 0 Å². The van der Waals surface area contributed by atoms with Crippen LogP contribution in [0.4, 0.5) is 10.1 Å².